The molecule has 1 aromatic heterocycles. The van der Waals surface area contributed by atoms with Crippen molar-refractivity contribution in [2.45, 2.75) is 17.9 Å². The number of nitrogen functional groups attached to an aromatic ring is 1. The van der Waals surface area contributed by atoms with Gasteiger partial charge in [-0.15, -0.1) is 0 Å². The molecule has 0 aliphatic heterocycles. The van der Waals surface area contributed by atoms with Gasteiger partial charge in [0.2, 0.25) is 10.0 Å². The first-order valence-corrected chi connectivity index (χ1v) is 8.63. The second-order valence-corrected chi connectivity index (χ2v) is 7.35. The van der Waals surface area contributed by atoms with Gasteiger partial charge < -0.3 is 5.73 Å². The van der Waals surface area contributed by atoms with Gasteiger partial charge in [-0.2, -0.15) is 0 Å². The van der Waals surface area contributed by atoms with E-state index >= 15 is 0 Å². The van der Waals surface area contributed by atoms with Crippen LogP contribution in [0.25, 0.3) is 0 Å². The van der Waals surface area contributed by atoms with Crippen molar-refractivity contribution in [3.05, 3.63) is 51.7 Å². The van der Waals surface area contributed by atoms with Gasteiger partial charge in [-0.25, -0.2) is 13.1 Å². The van der Waals surface area contributed by atoms with E-state index in [0.29, 0.717) is 0 Å². The molecular formula is C13H13BrClN3O2S. The monoisotopic (exact) mass is 389 g/mol. The van der Waals surface area contributed by atoms with E-state index in [1.54, 1.807) is 31.5 Å². The van der Waals surface area contributed by atoms with Crippen LogP contribution in [0.1, 0.15) is 18.5 Å². The van der Waals surface area contributed by atoms with E-state index in [2.05, 4.69) is 25.6 Å². The topological polar surface area (TPSA) is 85.1 Å². The summed E-state index contributed by atoms with van der Waals surface area (Å²) < 4.78 is 27.8. The van der Waals surface area contributed by atoms with Crippen LogP contribution in [-0.4, -0.2) is 13.4 Å². The molecule has 0 radical (unpaired) electrons. The Labute approximate surface area is 136 Å². The van der Waals surface area contributed by atoms with E-state index in [1.165, 1.54) is 12.1 Å². The zero-order chi connectivity index (χ0) is 15.6. The molecule has 0 fully saturated rings. The number of rotatable bonds is 4. The summed E-state index contributed by atoms with van der Waals surface area (Å²) in [6, 6.07) is 5.93. The van der Waals surface area contributed by atoms with Crippen LogP contribution in [0.2, 0.25) is 5.02 Å². The smallest absolute Gasteiger partial charge is 0.242 e. The van der Waals surface area contributed by atoms with Gasteiger partial charge in [0, 0.05) is 29.1 Å². The van der Waals surface area contributed by atoms with Crippen molar-refractivity contribution >= 4 is 43.2 Å². The molecule has 1 aromatic carbocycles. The van der Waals surface area contributed by atoms with E-state index in [0.717, 1.165) is 5.56 Å². The van der Waals surface area contributed by atoms with Gasteiger partial charge in [-0.05, 0) is 46.6 Å². The van der Waals surface area contributed by atoms with Crippen LogP contribution in [0.5, 0.6) is 0 Å². The van der Waals surface area contributed by atoms with Crippen molar-refractivity contribution in [1.82, 2.24) is 9.71 Å². The minimum Gasteiger partial charge on any atom is -0.398 e. The van der Waals surface area contributed by atoms with Crippen LogP contribution in [0.3, 0.4) is 0 Å². The Balaban J connectivity index is 2.35. The van der Waals surface area contributed by atoms with Crippen molar-refractivity contribution in [3.8, 4) is 0 Å². The molecular weight excluding hydrogens is 378 g/mol. The number of benzene rings is 1. The number of halogens is 2. The zero-order valence-corrected chi connectivity index (χ0v) is 14.2. The quantitative estimate of drug-likeness (QED) is 0.786. The molecule has 8 heteroatoms. The molecule has 0 amide bonds. The second kappa shape index (κ2) is 6.31. The SMILES string of the molecule is CC(NS(=O)(=O)c1cc(Cl)cc(N)c1Br)c1cccnc1. The summed E-state index contributed by atoms with van der Waals surface area (Å²) in [5, 5.41) is 0.255. The average Bonchev–Trinajstić information content (AvgIpc) is 2.43. The van der Waals surface area contributed by atoms with Crippen LogP contribution in [-0.2, 0) is 10.0 Å². The Hall–Kier alpha value is -1.15. The van der Waals surface area contributed by atoms with Crippen LogP contribution >= 0.6 is 27.5 Å². The number of nitrogens with zero attached hydrogens (tertiary/aromatic N) is 1. The van der Waals surface area contributed by atoms with E-state index in [9.17, 15) is 8.42 Å². The summed E-state index contributed by atoms with van der Waals surface area (Å²) in [5.41, 5.74) is 6.74. The highest BCUT2D eigenvalue weighted by Crippen LogP contribution is 2.32. The number of nitrogens with one attached hydrogen (secondary N) is 1. The Bertz CT molecular complexity index is 754. The molecule has 0 bridgehead atoms. The molecule has 2 rings (SSSR count). The molecule has 1 heterocycles. The van der Waals surface area contributed by atoms with Crippen molar-refractivity contribution in [1.29, 1.82) is 0 Å². The number of hydrogen-bond donors (Lipinski definition) is 2. The third-order valence-corrected chi connectivity index (χ3v) is 5.77. The molecule has 0 spiro atoms. The van der Waals surface area contributed by atoms with E-state index in [4.69, 9.17) is 17.3 Å². The van der Waals surface area contributed by atoms with Gasteiger partial charge in [-0.3, -0.25) is 4.98 Å². The molecule has 1 unspecified atom stereocenters. The predicted molar refractivity (Wildman–Crippen MR) is 86.5 cm³/mol. The van der Waals surface area contributed by atoms with Gasteiger partial charge in [-0.1, -0.05) is 17.7 Å². The molecule has 0 aliphatic rings. The van der Waals surface area contributed by atoms with Crippen LogP contribution < -0.4 is 10.5 Å². The minimum absolute atomic E-state index is 0.00300. The standard InChI is InChI=1S/C13H13BrClN3O2S/c1-8(9-3-2-4-17-7-9)18-21(19,20)12-6-10(15)5-11(16)13(12)14/h2-8,18H,16H2,1H3. The van der Waals surface area contributed by atoms with Crippen LogP contribution in [0.15, 0.2) is 46.0 Å². The number of aromatic nitrogens is 1. The zero-order valence-electron chi connectivity index (χ0n) is 11.0. The fourth-order valence-corrected chi connectivity index (χ4v) is 4.30. The normalized spacial score (nSPS) is 13.1. The van der Waals surface area contributed by atoms with Gasteiger partial charge in [0.25, 0.3) is 0 Å². The van der Waals surface area contributed by atoms with Gasteiger partial charge >= 0.3 is 0 Å². The van der Waals surface area contributed by atoms with Crippen molar-refractivity contribution in [2.24, 2.45) is 0 Å². The molecule has 0 saturated carbocycles. The molecule has 21 heavy (non-hydrogen) atoms. The maximum absolute atomic E-state index is 12.5. The summed E-state index contributed by atoms with van der Waals surface area (Å²) in [4.78, 5) is 3.97. The first kappa shape index (κ1) is 16.2. The summed E-state index contributed by atoms with van der Waals surface area (Å²) >= 11 is 9.06. The molecule has 0 aliphatic carbocycles. The highest BCUT2D eigenvalue weighted by Gasteiger charge is 2.23. The number of sulfonamides is 1. The Kier molecular flexibility index (Phi) is 4.88. The lowest BCUT2D eigenvalue weighted by Gasteiger charge is -2.16. The van der Waals surface area contributed by atoms with Crippen molar-refractivity contribution in [2.75, 3.05) is 5.73 Å². The number of pyridine rings is 1. The van der Waals surface area contributed by atoms with Gasteiger partial charge in [0.05, 0.1) is 9.37 Å². The minimum atomic E-state index is -3.77. The largest absolute Gasteiger partial charge is 0.398 e. The summed E-state index contributed by atoms with van der Waals surface area (Å²) in [6.45, 7) is 1.73. The van der Waals surface area contributed by atoms with Crippen molar-refractivity contribution < 1.29 is 8.42 Å². The lowest BCUT2D eigenvalue weighted by Crippen LogP contribution is -2.27. The lowest BCUT2D eigenvalue weighted by molar-refractivity contribution is 0.566. The Morgan fingerprint density at radius 3 is 2.76 bits per heavy atom. The van der Waals surface area contributed by atoms with Crippen molar-refractivity contribution in [3.63, 3.8) is 0 Å². The van der Waals surface area contributed by atoms with Crippen LogP contribution in [0, 0.1) is 0 Å². The Morgan fingerprint density at radius 1 is 1.43 bits per heavy atom. The first-order chi connectivity index (χ1) is 9.81. The molecule has 112 valence electrons. The maximum atomic E-state index is 12.5. The lowest BCUT2D eigenvalue weighted by atomic mass is 10.2. The third kappa shape index (κ3) is 3.74. The number of nitrogens with two attached hydrogens (primary N) is 1. The highest BCUT2D eigenvalue weighted by atomic mass is 79.9. The van der Waals surface area contributed by atoms with E-state index in [1.807, 2.05) is 0 Å². The highest BCUT2D eigenvalue weighted by molar-refractivity contribution is 9.10. The molecule has 0 saturated heterocycles. The fraction of sp³-hybridized carbons (Fsp3) is 0.154. The average molecular weight is 391 g/mol. The summed E-state index contributed by atoms with van der Waals surface area (Å²) in [5.74, 6) is 0. The summed E-state index contributed by atoms with van der Waals surface area (Å²) in [6.07, 6.45) is 3.23. The molecule has 2 aromatic rings. The number of hydrogen-bond acceptors (Lipinski definition) is 4. The maximum Gasteiger partial charge on any atom is 0.242 e. The number of anilines is 1. The van der Waals surface area contributed by atoms with E-state index < -0.39 is 16.1 Å². The van der Waals surface area contributed by atoms with Crippen LogP contribution in [0.4, 0.5) is 5.69 Å². The first-order valence-electron chi connectivity index (χ1n) is 5.98. The van der Waals surface area contributed by atoms with Gasteiger partial charge in [0.1, 0.15) is 0 Å². The predicted octanol–water partition coefficient (Wildman–Crippen LogP) is 3.12. The van der Waals surface area contributed by atoms with Gasteiger partial charge in [0.15, 0.2) is 0 Å². The second-order valence-electron chi connectivity index (χ2n) is 4.44. The molecule has 3 N–H and O–H groups in total. The Morgan fingerprint density at radius 2 is 2.14 bits per heavy atom. The summed E-state index contributed by atoms with van der Waals surface area (Å²) in [7, 11) is -3.77. The molecule has 5 nitrogen and oxygen atoms in total. The third-order valence-electron chi connectivity index (χ3n) is 2.84. The van der Waals surface area contributed by atoms with E-state index in [-0.39, 0.29) is 20.1 Å². The fourth-order valence-electron chi connectivity index (χ4n) is 1.78. The molecule has 1 atom stereocenters.